The molecule has 2 rings (SSSR count). The fourth-order valence-corrected chi connectivity index (χ4v) is 3.91. The molecule has 6 heteroatoms. The van der Waals surface area contributed by atoms with E-state index in [1.165, 1.54) is 17.3 Å². The van der Waals surface area contributed by atoms with Crippen LogP contribution >= 0.6 is 0 Å². The second kappa shape index (κ2) is 5.69. The van der Waals surface area contributed by atoms with Gasteiger partial charge in [-0.15, -0.1) is 0 Å². The van der Waals surface area contributed by atoms with Gasteiger partial charge in [-0.2, -0.15) is 4.31 Å². The van der Waals surface area contributed by atoms with Crippen molar-refractivity contribution in [2.45, 2.75) is 38.0 Å². The van der Waals surface area contributed by atoms with Gasteiger partial charge >= 0.3 is 0 Å². The molecule has 4 nitrogen and oxygen atoms in total. The van der Waals surface area contributed by atoms with Gasteiger partial charge in [0.25, 0.3) is 0 Å². The van der Waals surface area contributed by atoms with Gasteiger partial charge in [0, 0.05) is 24.3 Å². The molecular formula is C14H21FN2O2S. The van der Waals surface area contributed by atoms with E-state index in [4.69, 9.17) is 5.73 Å². The number of nitrogens with two attached hydrogens (primary N) is 1. The molecule has 0 aromatic heterocycles. The minimum Gasteiger partial charge on any atom is -0.398 e. The maximum atomic E-state index is 13.7. The van der Waals surface area contributed by atoms with Crippen LogP contribution in [-0.4, -0.2) is 25.8 Å². The van der Waals surface area contributed by atoms with Crippen LogP contribution in [0.3, 0.4) is 0 Å². The van der Waals surface area contributed by atoms with Crippen molar-refractivity contribution in [3.05, 3.63) is 23.5 Å². The molecule has 0 spiro atoms. The third kappa shape index (κ3) is 2.81. The average molecular weight is 300 g/mol. The molecule has 0 atom stereocenters. The molecule has 1 aromatic carbocycles. The van der Waals surface area contributed by atoms with Crippen LogP contribution in [0, 0.1) is 18.7 Å². The predicted molar refractivity (Wildman–Crippen MR) is 77.3 cm³/mol. The van der Waals surface area contributed by atoms with E-state index in [9.17, 15) is 12.8 Å². The van der Waals surface area contributed by atoms with Gasteiger partial charge < -0.3 is 5.73 Å². The van der Waals surface area contributed by atoms with Crippen LogP contribution in [0.2, 0.25) is 0 Å². The van der Waals surface area contributed by atoms with Gasteiger partial charge in [0.1, 0.15) is 5.82 Å². The van der Waals surface area contributed by atoms with Crippen LogP contribution < -0.4 is 5.73 Å². The van der Waals surface area contributed by atoms with Crippen molar-refractivity contribution in [1.29, 1.82) is 0 Å². The van der Waals surface area contributed by atoms with Crippen LogP contribution in [0.15, 0.2) is 17.0 Å². The maximum Gasteiger partial charge on any atom is 0.243 e. The highest BCUT2D eigenvalue weighted by Gasteiger charge is 2.29. The normalized spacial score (nSPS) is 16.4. The Morgan fingerprint density at radius 3 is 2.50 bits per heavy atom. The van der Waals surface area contributed by atoms with Crippen molar-refractivity contribution in [2.24, 2.45) is 5.92 Å². The minimum atomic E-state index is -3.67. The molecule has 0 saturated heterocycles. The molecule has 0 amide bonds. The Balaban J connectivity index is 2.32. The van der Waals surface area contributed by atoms with E-state index in [0.29, 0.717) is 19.0 Å². The Labute approximate surface area is 119 Å². The lowest BCUT2D eigenvalue weighted by molar-refractivity contribution is 0.250. The van der Waals surface area contributed by atoms with Crippen molar-refractivity contribution < 1.29 is 12.8 Å². The molecule has 0 bridgehead atoms. The molecule has 1 aliphatic rings. The van der Waals surface area contributed by atoms with Crippen LogP contribution in [0.25, 0.3) is 0 Å². The molecular weight excluding hydrogens is 279 g/mol. The van der Waals surface area contributed by atoms with Gasteiger partial charge in [-0.1, -0.05) is 13.3 Å². The Morgan fingerprint density at radius 2 is 2.05 bits per heavy atom. The third-order valence-corrected chi connectivity index (χ3v) is 5.95. The highest BCUT2D eigenvalue weighted by Crippen LogP contribution is 2.30. The number of sulfonamides is 1. The molecule has 1 saturated carbocycles. The Kier molecular flexibility index (Phi) is 4.34. The summed E-state index contributed by atoms with van der Waals surface area (Å²) in [4.78, 5) is -0.0562. The highest BCUT2D eigenvalue weighted by atomic mass is 32.2. The van der Waals surface area contributed by atoms with E-state index in [1.807, 2.05) is 0 Å². The third-order valence-electron chi connectivity index (χ3n) is 4.04. The van der Waals surface area contributed by atoms with Crippen LogP contribution in [-0.2, 0) is 10.0 Å². The predicted octanol–water partition coefficient (Wildman–Crippen LogP) is 2.53. The van der Waals surface area contributed by atoms with Crippen LogP contribution in [0.4, 0.5) is 10.1 Å². The summed E-state index contributed by atoms with van der Waals surface area (Å²) in [5, 5.41) is 0. The smallest absolute Gasteiger partial charge is 0.243 e. The molecule has 0 heterocycles. The number of anilines is 1. The topological polar surface area (TPSA) is 63.4 Å². The van der Waals surface area contributed by atoms with Gasteiger partial charge in [0.05, 0.1) is 4.90 Å². The minimum absolute atomic E-state index is 0.0562. The summed E-state index contributed by atoms with van der Waals surface area (Å²) in [5.74, 6) is -0.152. The monoisotopic (exact) mass is 300 g/mol. The Hall–Kier alpha value is -1.14. The van der Waals surface area contributed by atoms with Crippen molar-refractivity contribution in [3.8, 4) is 0 Å². The number of hydrogen-bond donors (Lipinski definition) is 1. The summed E-state index contributed by atoms with van der Waals surface area (Å²) in [6, 6.07) is 2.40. The molecule has 1 aliphatic carbocycles. The first-order chi connectivity index (χ1) is 9.36. The molecule has 0 aliphatic heterocycles. The molecule has 0 unspecified atom stereocenters. The Morgan fingerprint density at radius 1 is 1.40 bits per heavy atom. The van der Waals surface area contributed by atoms with E-state index in [0.717, 1.165) is 25.3 Å². The van der Waals surface area contributed by atoms with Gasteiger partial charge in [0.2, 0.25) is 10.0 Å². The van der Waals surface area contributed by atoms with E-state index in [-0.39, 0.29) is 16.1 Å². The summed E-state index contributed by atoms with van der Waals surface area (Å²) < 4.78 is 40.2. The second-order valence-corrected chi connectivity index (χ2v) is 7.31. The van der Waals surface area contributed by atoms with Crippen LogP contribution in [0.1, 0.15) is 31.7 Å². The van der Waals surface area contributed by atoms with Gasteiger partial charge in [-0.05, 0) is 37.8 Å². The van der Waals surface area contributed by atoms with E-state index < -0.39 is 15.8 Å². The van der Waals surface area contributed by atoms with Gasteiger partial charge in [-0.25, -0.2) is 12.8 Å². The quantitative estimate of drug-likeness (QED) is 0.850. The fourth-order valence-electron chi connectivity index (χ4n) is 2.33. The van der Waals surface area contributed by atoms with Crippen molar-refractivity contribution in [3.63, 3.8) is 0 Å². The van der Waals surface area contributed by atoms with Gasteiger partial charge in [0.15, 0.2) is 0 Å². The molecule has 2 N–H and O–H groups in total. The van der Waals surface area contributed by atoms with Crippen molar-refractivity contribution in [1.82, 2.24) is 4.31 Å². The SMILES string of the molecule is CCN(CC1CCC1)S(=O)(=O)c1cc(N)c(C)c(F)c1. The van der Waals surface area contributed by atoms with Gasteiger partial charge in [-0.3, -0.25) is 0 Å². The summed E-state index contributed by atoms with van der Waals surface area (Å²) in [7, 11) is -3.67. The van der Waals surface area contributed by atoms with E-state index >= 15 is 0 Å². The summed E-state index contributed by atoms with van der Waals surface area (Å²) in [6.07, 6.45) is 3.29. The standard InChI is InChI=1S/C14H21FN2O2S/c1-3-17(9-11-5-4-6-11)20(18,19)12-7-13(15)10(2)14(16)8-12/h7-8,11H,3-6,9,16H2,1-2H3. The molecule has 20 heavy (non-hydrogen) atoms. The lowest BCUT2D eigenvalue weighted by Gasteiger charge is -2.31. The zero-order valence-corrected chi connectivity index (χ0v) is 12.7. The highest BCUT2D eigenvalue weighted by molar-refractivity contribution is 7.89. The maximum absolute atomic E-state index is 13.7. The van der Waals surface area contributed by atoms with Crippen molar-refractivity contribution in [2.75, 3.05) is 18.8 Å². The lowest BCUT2D eigenvalue weighted by Crippen LogP contribution is -2.37. The number of halogens is 1. The second-order valence-electron chi connectivity index (χ2n) is 5.37. The lowest BCUT2D eigenvalue weighted by atomic mass is 9.85. The molecule has 0 radical (unpaired) electrons. The molecule has 1 fully saturated rings. The number of nitrogen functional groups attached to an aromatic ring is 1. The first-order valence-corrected chi connectivity index (χ1v) is 8.36. The molecule has 112 valence electrons. The zero-order chi connectivity index (χ0) is 14.9. The van der Waals surface area contributed by atoms with E-state index in [1.54, 1.807) is 6.92 Å². The summed E-state index contributed by atoms with van der Waals surface area (Å²) >= 11 is 0. The van der Waals surface area contributed by atoms with Crippen molar-refractivity contribution >= 4 is 15.7 Å². The Bertz CT molecular complexity index is 574. The largest absolute Gasteiger partial charge is 0.398 e. The summed E-state index contributed by atoms with van der Waals surface area (Å²) in [6.45, 7) is 4.22. The van der Waals surface area contributed by atoms with E-state index in [2.05, 4.69) is 0 Å². The van der Waals surface area contributed by atoms with Crippen LogP contribution in [0.5, 0.6) is 0 Å². The molecule has 1 aromatic rings. The first-order valence-electron chi connectivity index (χ1n) is 6.92. The number of benzene rings is 1. The number of rotatable bonds is 5. The summed E-state index contributed by atoms with van der Waals surface area (Å²) in [5.41, 5.74) is 6.13. The number of nitrogens with zero attached hydrogens (tertiary/aromatic N) is 1. The fraction of sp³-hybridized carbons (Fsp3) is 0.571. The number of hydrogen-bond acceptors (Lipinski definition) is 3. The average Bonchev–Trinajstić information content (AvgIpc) is 2.33. The zero-order valence-electron chi connectivity index (χ0n) is 11.9. The first kappa shape index (κ1) is 15.3.